The second-order valence-electron chi connectivity index (χ2n) is 8.95. The maximum atomic E-state index is 12.6. The van der Waals surface area contributed by atoms with Crippen LogP contribution in [0.5, 0.6) is 5.75 Å². The Hall–Kier alpha value is -2.83. The van der Waals surface area contributed by atoms with E-state index in [-0.39, 0.29) is 12.3 Å². The molecule has 2 bridgehead atoms. The van der Waals surface area contributed by atoms with E-state index in [1.807, 2.05) is 48.1 Å². The second-order valence-corrected chi connectivity index (χ2v) is 9.39. The third kappa shape index (κ3) is 4.92. The number of carbonyl (C=O) groups excluding carboxylic acids is 1. The molecule has 0 unspecified atom stereocenters. The van der Waals surface area contributed by atoms with Gasteiger partial charge in [-0.15, -0.1) is 0 Å². The summed E-state index contributed by atoms with van der Waals surface area (Å²) in [5.74, 6) is 0.729. The molecule has 2 fully saturated rings. The average Bonchev–Trinajstić information content (AvgIpc) is 3.52. The normalized spacial score (nSPS) is 19.7. The number of aryl methyl sites for hydroxylation is 1. The van der Waals surface area contributed by atoms with Gasteiger partial charge in [-0.3, -0.25) is 14.4 Å². The largest absolute Gasteiger partial charge is 0.492 e. The van der Waals surface area contributed by atoms with Crippen LogP contribution >= 0.6 is 11.6 Å². The standard InChI is InChI=1S/C26H29ClN4O2/c1-30-24(12-13-28-30)23-17-20(29-26(32)16-18-2-4-19(27)5-3-18)6-11-25(23)33-15-14-31-21-7-8-22(31)10-9-21/h2-6,11-13,17,21-22H,7-10,14-16H2,1H3,(H,29,32). The van der Waals surface area contributed by atoms with Crippen molar-refractivity contribution >= 4 is 23.2 Å². The summed E-state index contributed by atoms with van der Waals surface area (Å²) in [6.07, 6.45) is 7.37. The molecule has 2 aliphatic heterocycles. The second kappa shape index (κ2) is 9.57. The molecule has 3 aromatic rings. The van der Waals surface area contributed by atoms with Gasteiger partial charge in [0.05, 0.1) is 12.1 Å². The molecule has 0 saturated carbocycles. The third-order valence-corrected chi connectivity index (χ3v) is 7.10. The number of amides is 1. The number of nitrogens with one attached hydrogen (secondary N) is 1. The lowest BCUT2D eigenvalue weighted by molar-refractivity contribution is -0.115. The van der Waals surface area contributed by atoms with Crippen LogP contribution in [-0.2, 0) is 18.3 Å². The summed E-state index contributed by atoms with van der Waals surface area (Å²) in [4.78, 5) is 15.2. The van der Waals surface area contributed by atoms with Crippen LogP contribution in [0.25, 0.3) is 11.3 Å². The Morgan fingerprint density at radius 2 is 1.82 bits per heavy atom. The summed E-state index contributed by atoms with van der Waals surface area (Å²) in [6.45, 7) is 1.61. The SMILES string of the molecule is Cn1nccc1-c1cc(NC(=O)Cc2ccc(Cl)cc2)ccc1OCCN1C2CCC1CC2. The van der Waals surface area contributed by atoms with E-state index in [0.717, 1.165) is 46.9 Å². The fourth-order valence-electron chi connectivity index (χ4n) is 5.21. The number of rotatable bonds is 8. The molecule has 33 heavy (non-hydrogen) atoms. The highest BCUT2D eigenvalue weighted by atomic mass is 35.5. The van der Waals surface area contributed by atoms with E-state index in [9.17, 15) is 4.79 Å². The molecule has 5 rings (SSSR count). The summed E-state index contributed by atoms with van der Waals surface area (Å²) >= 11 is 5.94. The monoisotopic (exact) mass is 464 g/mol. The topological polar surface area (TPSA) is 59.4 Å². The number of anilines is 1. The Balaban J connectivity index is 1.29. The molecule has 0 spiro atoms. The number of aromatic nitrogens is 2. The lowest BCUT2D eigenvalue weighted by Crippen LogP contribution is -2.32. The quantitative estimate of drug-likeness (QED) is 0.513. The number of nitrogens with zero attached hydrogens (tertiary/aromatic N) is 3. The third-order valence-electron chi connectivity index (χ3n) is 6.85. The predicted octanol–water partition coefficient (Wildman–Crippen LogP) is 4.93. The van der Waals surface area contributed by atoms with Crippen molar-refractivity contribution in [1.82, 2.24) is 14.7 Å². The van der Waals surface area contributed by atoms with Crippen molar-refractivity contribution in [1.29, 1.82) is 0 Å². The highest BCUT2D eigenvalue weighted by Crippen LogP contribution is 2.37. The zero-order valence-electron chi connectivity index (χ0n) is 18.8. The van der Waals surface area contributed by atoms with Crippen molar-refractivity contribution in [3.05, 3.63) is 65.3 Å². The van der Waals surface area contributed by atoms with Crippen molar-refractivity contribution < 1.29 is 9.53 Å². The molecule has 2 aromatic carbocycles. The van der Waals surface area contributed by atoms with Gasteiger partial charge in [-0.2, -0.15) is 5.10 Å². The first-order valence-corrected chi connectivity index (χ1v) is 12.0. The number of benzene rings is 2. The minimum atomic E-state index is -0.0774. The van der Waals surface area contributed by atoms with Gasteiger partial charge in [0.1, 0.15) is 12.4 Å². The lowest BCUT2D eigenvalue weighted by atomic mass is 10.0. The Morgan fingerprint density at radius 1 is 1.09 bits per heavy atom. The van der Waals surface area contributed by atoms with Gasteiger partial charge >= 0.3 is 0 Å². The molecule has 7 heteroatoms. The van der Waals surface area contributed by atoms with Gasteiger partial charge < -0.3 is 10.1 Å². The summed E-state index contributed by atoms with van der Waals surface area (Å²) in [5, 5.41) is 7.98. The van der Waals surface area contributed by atoms with Gasteiger partial charge in [0, 0.05) is 48.1 Å². The summed E-state index contributed by atoms with van der Waals surface area (Å²) in [6, 6.07) is 16.6. The maximum absolute atomic E-state index is 12.6. The van der Waals surface area contributed by atoms with Crippen molar-refractivity contribution in [2.24, 2.45) is 7.05 Å². The molecule has 0 radical (unpaired) electrons. The van der Waals surface area contributed by atoms with Crippen molar-refractivity contribution in [2.75, 3.05) is 18.5 Å². The molecule has 0 aliphatic carbocycles. The molecule has 1 aromatic heterocycles. The smallest absolute Gasteiger partial charge is 0.228 e. The fraction of sp³-hybridized carbons (Fsp3) is 0.385. The van der Waals surface area contributed by atoms with E-state index in [1.165, 1.54) is 25.7 Å². The van der Waals surface area contributed by atoms with E-state index in [4.69, 9.17) is 16.3 Å². The maximum Gasteiger partial charge on any atom is 0.228 e. The number of halogens is 1. The first kappa shape index (κ1) is 22.0. The lowest BCUT2D eigenvalue weighted by Gasteiger charge is -2.22. The Kier molecular flexibility index (Phi) is 6.38. The van der Waals surface area contributed by atoms with Crippen molar-refractivity contribution in [3.8, 4) is 17.0 Å². The zero-order valence-corrected chi connectivity index (χ0v) is 19.6. The molecule has 2 aliphatic rings. The van der Waals surface area contributed by atoms with Gasteiger partial charge in [0.25, 0.3) is 0 Å². The molecule has 1 N–H and O–H groups in total. The first-order valence-electron chi connectivity index (χ1n) is 11.6. The van der Waals surface area contributed by atoms with Crippen LogP contribution in [0.3, 0.4) is 0 Å². The molecule has 172 valence electrons. The number of ether oxygens (including phenoxy) is 1. The summed E-state index contributed by atoms with van der Waals surface area (Å²) in [7, 11) is 1.91. The van der Waals surface area contributed by atoms with Gasteiger partial charge in [-0.25, -0.2) is 0 Å². The average molecular weight is 465 g/mol. The van der Waals surface area contributed by atoms with E-state index in [2.05, 4.69) is 15.3 Å². The van der Waals surface area contributed by atoms with Crippen LogP contribution in [-0.4, -0.2) is 45.8 Å². The van der Waals surface area contributed by atoms with E-state index in [0.29, 0.717) is 11.6 Å². The van der Waals surface area contributed by atoms with E-state index >= 15 is 0 Å². The summed E-state index contributed by atoms with van der Waals surface area (Å²) < 4.78 is 8.08. The highest BCUT2D eigenvalue weighted by molar-refractivity contribution is 6.30. The number of carbonyl (C=O) groups is 1. The molecular weight excluding hydrogens is 436 g/mol. The molecule has 3 heterocycles. The number of hydrogen-bond acceptors (Lipinski definition) is 4. The van der Waals surface area contributed by atoms with E-state index in [1.54, 1.807) is 18.3 Å². The van der Waals surface area contributed by atoms with Crippen LogP contribution in [0.15, 0.2) is 54.7 Å². The van der Waals surface area contributed by atoms with Gasteiger partial charge in [0.15, 0.2) is 0 Å². The minimum absolute atomic E-state index is 0.0774. The van der Waals surface area contributed by atoms with Crippen LogP contribution in [0.2, 0.25) is 5.02 Å². The molecule has 1 amide bonds. The van der Waals surface area contributed by atoms with Crippen molar-refractivity contribution in [3.63, 3.8) is 0 Å². The van der Waals surface area contributed by atoms with Crippen LogP contribution in [0.1, 0.15) is 31.2 Å². The van der Waals surface area contributed by atoms with Crippen LogP contribution in [0, 0.1) is 0 Å². The van der Waals surface area contributed by atoms with Gasteiger partial charge in [-0.05, 0) is 67.6 Å². The Labute approximate surface area is 199 Å². The van der Waals surface area contributed by atoms with E-state index < -0.39 is 0 Å². The first-order chi connectivity index (χ1) is 16.1. The van der Waals surface area contributed by atoms with Crippen LogP contribution < -0.4 is 10.1 Å². The summed E-state index contributed by atoms with van der Waals surface area (Å²) in [5.41, 5.74) is 3.51. The molecule has 0 atom stereocenters. The number of fused-ring (bicyclic) bond motifs is 2. The molecule has 2 saturated heterocycles. The molecule has 6 nitrogen and oxygen atoms in total. The van der Waals surface area contributed by atoms with Gasteiger partial charge in [0.2, 0.25) is 5.91 Å². The Bertz CT molecular complexity index is 1110. The molecular formula is C26H29ClN4O2. The van der Waals surface area contributed by atoms with Gasteiger partial charge in [-0.1, -0.05) is 23.7 Å². The minimum Gasteiger partial charge on any atom is -0.492 e. The number of hydrogen-bond donors (Lipinski definition) is 1. The predicted molar refractivity (Wildman–Crippen MR) is 131 cm³/mol. The van der Waals surface area contributed by atoms with Crippen LogP contribution in [0.4, 0.5) is 5.69 Å². The zero-order chi connectivity index (χ0) is 22.8. The van der Waals surface area contributed by atoms with Crippen molar-refractivity contribution in [2.45, 2.75) is 44.2 Å². The Morgan fingerprint density at radius 3 is 2.48 bits per heavy atom. The fourth-order valence-corrected chi connectivity index (χ4v) is 5.34. The highest BCUT2D eigenvalue weighted by Gasteiger charge is 2.38.